The van der Waals surface area contributed by atoms with E-state index in [1.165, 1.54) is 0 Å². The van der Waals surface area contributed by atoms with Crippen molar-refractivity contribution in [2.24, 2.45) is 11.8 Å². The Hall–Kier alpha value is -3.28. The smallest absolute Gasteiger partial charge is 0.344 e. The van der Waals surface area contributed by atoms with Gasteiger partial charge in [0.2, 0.25) is 0 Å². The number of benzene rings is 3. The molecule has 0 amide bonds. The quantitative estimate of drug-likeness (QED) is 0.0943. The van der Waals surface area contributed by atoms with Gasteiger partial charge in [0.15, 0.2) is 13.2 Å². The standard InChI is InChI=1S/C38H54O6/c1-7-13-15-29(11-5)23-41-35(39)25-43-37-31-19-17-28(10-4)22-34(31)38(32-20-18-27(9-3)21-33(32)37)44-26-36(40)42-24-30(12-6)16-14-8-2/h17-22,29-30H,7-16,23-26H2,1-6H3. The van der Waals surface area contributed by atoms with E-state index in [-0.39, 0.29) is 25.2 Å². The van der Waals surface area contributed by atoms with Gasteiger partial charge in [0, 0.05) is 21.5 Å². The summed E-state index contributed by atoms with van der Waals surface area (Å²) in [6.07, 6.45) is 10.3. The molecule has 0 aromatic heterocycles. The molecule has 0 spiro atoms. The molecule has 3 rings (SSSR count). The highest BCUT2D eigenvalue weighted by molar-refractivity contribution is 6.11. The maximum absolute atomic E-state index is 12.8. The molecular formula is C38H54O6. The minimum atomic E-state index is -0.370. The number of carbonyl (C=O) groups excluding carboxylic acids is 2. The monoisotopic (exact) mass is 606 g/mol. The third kappa shape index (κ3) is 9.87. The molecule has 0 saturated carbocycles. The molecule has 0 heterocycles. The summed E-state index contributed by atoms with van der Waals surface area (Å²) in [7, 11) is 0. The van der Waals surface area contributed by atoms with Crippen LogP contribution >= 0.6 is 0 Å². The van der Waals surface area contributed by atoms with Crippen molar-refractivity contribution in [2.45, 2.75) is 106 Å². The summed E-state index contributed by atoms with van der Waals surface area (Å²) >= 11 is 0. The maximum Gasteiger partial charge on any atom is 0.344 e. The second-order valence-corrected chi connectivity index (χ2v) is 11.9. The van der Waals surface area contributed by atoms with Crippen molar-refractivity contribution in [1.82, 2.24) is 0 Å². The van der Waals surface area contributed by atoms with E-state index in [1.54, 1.807) is 0 Å². The van der Waals surface area contributed by atoms with Gasteiger partial charge in [-0.3, -0.25) is 0 Å². The summed E-state index contributed by atoms with van der Waals surface area (Å²) in [6, 6.07) is 12.4. The van der Waals surface area contributed by atoms with E-state index in [2.05, 4.69) is 65.8 Å². The molecule has 0 N–H and O–H groups in total. The second kappa shape index (κ2) is 18.5. The van der Waals surface area contributed by atoms with E-state index >= 15 is 0 Å². The lowest BCUT2D eigenvalue weighted by Crippen LogP contribution is -2.20. The fraction of sp³-hybridized carbons (Fsp3) is 0.579. The van der Waals surface area contributed by atoms with Crippen molar-refractivity contribution in [3.63, 3.8) is 0 Å². The van der Waals surface area contributed by atoms with Crippen LogP contribution in [-0.2, 0) is 31.9 Å². The zero-order valence-corrected chi connectivity index (χ0v) is 28.0. The highest BCUT2D eigenvalue weighted by atomic mass is 16.6. The van der Waals surface area contributed by atoms with E-state index in [0.29, 0.717) is 36.5 Å². The number of hydrogen-bond acceptors (Lipinski definition) is 6. The van der Waals surface area contributed by atoms with Crippen LogP contribution in [0.25, 0.3) is 21.5 Å². The van der Waals surface area contributed by atoms with Gasteiger partial charge in [-0.25, -0.2) is 9.59 Å². The van der Waals surface area contributed by atoms with Crippen LogP contribution in [0.4, 0.5) is 0 Å². The first kappa shape index (κ1) is 35.2. The first-order valence-electron chi connectivity index (χ1n) is 17.0. The zero-order valence-electron chi connectivity index (χ0n) is 28.0. The highest BCUT2D eigenvalue weighted by Crippen LogP contribution is 2.43. The van der Waals surface area contributed by atoms with Crippen molar-refractivity contribution in [2.75, 3.05) is 26.4 Å². The number of ether oxygens (including phenoxy) is 4. The average Bonchev–Trinajstić information content (AvgIpc) is 3.05. The minimum Gasteiger partial charge on any atom is -0.481 e. The molecule has 0 aliphatic rings. The predicted octanol–water partition coefficient (Wildman–Crippen LogP) is 9.39. The van der Waals surface area contributed by atoms with Gasteiger partial charge in [0.1, 0.15) is 11.5 Å². The summed E-state index contributed by atoms with van der Waals surface area (Å²) in [5.74, 6) is 1.25. The van der Waals surface area contributed by atoms with Crippen LogP contribution in [0.3, 0.4) is 0 Å². The SMILES string of the molecule is CCCCC(CC)COC(=O)COc1c2ccc(CC)cc2c(OCC(=O)OCC(CC)CCCC)c2ccc(CC)cc12. The van der Waals surface area contributed by atoms with Crippen LogP contribution in [0, 0.1) is 11.8 Å². The van der Waals surface area contributed by atoms with Crippen LogP contribution in [-0.4, -0.2) is 38.4 Å². The molecule has 0 aliphatic carbocycles. The fourth-order valence-electron chi connectivity index (χ4n) is 5.56. The lowest BCUT2D eigenvalue weighted by atomic mass is 9.96. The molecule has 44 heavy (non-hydrogen) atoms. The fourth-order valence-corrected chi connectivity index (χ4v) is 5.56. The second-order valence-electron chi connectivity index (χ2n) is 11.9. The Bertz CT molecular complexity index is 1240. The van der Waals surface area contributed by atoms with Crippen molar-refractivity contribution in [3.8, 4) is 11.5 Å². The molecular weight excluding hydrogens is 552 g/mol. The van der Waals surface area contributed by atoms with Crippen LogP contribution in [0.5, 0.6) is 11.5 Å². The molecule has 3 aromatic rings. The number of rotatable bonds is 20. The van der Waals surface area contributed by atoms with Gasteiger partial charge >= 0.3 is 11.9 Å². The molecule has 0 bridgehead atoms. The Morgan fingerprint density at radius 1 is 0.591 bits per heavy atom. The Morgan fingerprint density at radius 2 is 1.00 bits per heavy atom. The van der Waals surface area contributed by atoms with Crippen LogP contribution < -0.4 is 9.47 Å². The van der Waals surface area contributed by atoms with Crippen molar-refractivity contribution >= 4 is 33.5 Å². The van der Waals surface area contributed by atoms with Crippen LogP contribution in [0.2, 0.25) is 0 Å². The lowest BCUT2D eigenvalue weighted by Gasteiger charge is -2.19. The van der Waals surface area contributed by atoms with Gasteiger partial charge in [-0.2, -0.15) is 0 Å². The molecule has 3 aromatic carbocycles. The van der Waals surface area contributed by atoms with E-state index in [0.717, 1.165) is 96.9 Å². The first-order chi connectivity index (χ1) is 21.4. The summed E-state index contributed by atoms with van der Waals surface area (Å²) in [5, 5.41) is 3.35. The maximum atomic E-state index is 12.8. The predicted molar refractivity (Wildman–Crippen MR) is 180 cm³/mol. The zero-order chi connectivity index (χ0) is 31.9. The van der Waals surface area contributed by atoms with Gasteiger partial charge in [-0.1, -0.05) is 104 Å². The third-order valence-electron chi connectivity index (χ3n) is 8.68. The van der Waals surface area contributed by atoms with E-state index in [4.69, 9.17) is 18.9 Å². The number of aryl methyl sites for hydroxylation is 2. The molecule has 0 radical (unpaired) electrons. The number of esters is 2. The largest absolute Gasteiger partial charge is 0.481 e. The highest BCUT2D eigenvalue weighted by Gasteiger charge is 2.20. The normalized spacial score (nSPS) is 12.7. The Balaban J connectivity index is 1.90. The van der Waals surface area contributed by atoms with Crippen molar-refractivity contribution in [1.29, 1.82) is 0 Å². The topological polar surface area (TPSA) is 71.1 Å². The van der Waals surface area contributed by atoms with Crippen LogP contribution in [0.15, 0.2) is 36.4 Å². The molecule has 0 fully saturated rings. The molecule has 6 heteroatoms. The van der Waals surface area contributed by atoms with Crippen molar-refractivity contribution in [3.05, 3.63) is 47.5 Å². The minimum absolute atomic E-state index is 0.177. The third-order valence-corrected chi connectivity index (χ3v) is 8.68. The van der Waals surface area contributed by atoms with Gasteiger partial charge < -0.3 is 18.9 Å². The van der Waals surface area contributed by atoms with Gasteiger partial charge in [-0.05, 0) is 60.8 Å². The molecule has 2 unspecified atom stereocenters. The molecule has 0 aliphatic heterocycles. The van der Waals surface area contributed by atoms with E-state index < -0.39 is 0 Å². The van der Waals surface area contributed by atoms with Crippen LogP contribution in [0.1, 0.15) is 104 Å². The van der Waals surface area contributed by atoms with E-state index in [9.17, 15) is 9.59 Å². The van der Waals surface area contributed by atoms with Gasteiger partial charge in [0.25, 0.3) is 0 Å². The van der Waals surface area contributed by atoms with Gasteiger partial charge in [-0.15, -0.1) is 0 Å². The number of hydrogen-bond donors (Lipinski definition) is 0. The number of fused-ring (bicyclic) bond motifs is 2. The number of carbonyl (C=O) groups is 2. The summed E-state index contributed by atoms with van der Waals surface area (Å²) in [6.45, 7) is 13.3. The van der Waals surface area contributed by atoms with E-state index in [1.807, 2.05) is 12.1 Å². The average molecular weight is 607 g/mol. The summed E-state index contributed by atoms with van der Waals surface area (Å²) in [5.41, 5.74) is 2.28. The Morgan fingerprint density at radius 3 is 1.34 bits per heavy atom. The molecule has 242 valence electrons. The Labute approximate surface area is 264 Å². The molecule has 2 atom stereocenters. The van der Waals surface area contributed by atoms with Gasteiger partial charge in [0.05, 0.1) is 13.2 Å². The van der Waals surface area contributed by atoms with Crippen molar-refractivity contribution < 1.29 is 28.5 Å². The first-order valence-corrected chi connectivity index (χ1v) is 17.0. The lowest BCUT2D eigenvalue weighted by molar-refractivity contribution is -0.148. The summed E-state index contributed by atoms with van der Waals surface area (Å²) < 4.78 is 23.8. The molecule has 6 nitrogen and oxygen atoms in total. The molecule has 0 saturated heterocycles. The summed E-state index contributed by atoms with van der Waals surface area (Å²) in [4.78, 5) is 25.6. The number of unbranched alkanes of at least 4 members (excludes halogenated alkanes) is 2. The Kier molecular flexibility index (Phi) is 14.8.